The molecular weight excluding hydrogens is 683 g/mol. The Labute approximate surface area is 323 Å². The first-order chi connectivity index (χ1) is 27.8. The third-order valence-electron chi connectivity index (χ3n) is 10.9. The zero-order chi connectivity index (χ0) is 37.0. The predicted octanol–water partition coefficient (Wildman–Crippen LogP) is 11.9. The van der Waals surface area contributed by atoms with Crippen molar-refractivity contribution in [2.45, 2.75) is 0 Å². The Morgan fingerprint density at radius 2 is 0.768 bits per heavy atom. The molecule has 0 aliphatic carbocycles. The molecule has 56 heavy (non-hydrogen) atoms. The number of fused-ring (bicyclic) bond motifs is 6. The Morgan fingerprint density at radius 3 is 1.32 bits per heavy atom. The molecule has 0 atom stereocenters. The zero-order valence-corrected chi connectivity index (χ0v) is 30.4. The Bertz CT molecular complexity index is 3160. The van der Waals surface area contributed by atoms with Gasteiger partial charge in [-0.1, -0.05) is 137 Å². The van der Waals surface area contributed by atoms with E-state index in [-0.39, 0.29) is 0 Å². The first-order valence-electron chi connectivity index (χ1n) is 18.9. The van der Waals surface area contributed by atoms with Crippen LogP contribution in [0.4, 0.5) is 0 Å². The van der Waals surface area contributed by atoms with Crippen LogP contribution < -0.4 is 4.57 Å². The van der Waals surface area contributed by atoms with Crippen molar-refractivity contribution in [2.24, 2.45) is 0 Å². The van der Waals surface area contributed by atoms with Gasteiger partial charge in [0.05, 0.1) is 22.1 Å². The van der Waals surface area contributed by atoms with Gasteiger partial charge in [0.15, 0.2) is 0 Å². The average Bonchev–Trinajstić information content (AvgIpc) is 3.79. The second-order valence-electron chi connectivity index (χ2n) is 14.2. The Kier molecular flexibility index (Phi) is 7.42. The van der Waals surface area contributed by atoms with E-state index >= 15 is 0 Å². The average molecular weight is 717 g/mol. The highest BCUT2D eigenvalue weighted by Crippen LogP contribution is 2.38. The fourth-order valence-corrected chi connectivity index (χ4v) is 8.27. The highest BCUT2D eigenvalue weighted by molar-refractivity contribution is 6.12. The molecule has 0 saturated heterocycles. The second kappa shape index (κ2) is 13.0. The Hall–Kier alpha value is -7.63. The molecule has 5 nitrogen and oxygen atoms in total. The molecule has 8 aromatic carbocycles. The van der Waals surface area contributed by atoms with Gasteiger partial charge in [0.1, 0.15) is 5.69 Å². The summed E-state index contributed by atoms with van der Waals surface area (Å²) in [6.07, 6.45) is 3.74. The molecule has 0 amide bonds. The van der Waals surface area contributed by atoms with E-state index in [1.807, 2.05) is 29.4 Å². The van der Waals surface area contributed by atoms with Gasteiger partial charge in [-0.3, -0.25) is 0 Å². The summed E-state index contributed by atoms with van der Waals surface area (Å²) in [6, 6.07) is 69.0. The molecule has 0 aliphatic rings. The van der Waals surface area contributed by atoms with Crippen LogP contribution >= 0.6 is 0 Å². The minimum absolute atomic E-state index is 0.623. The van der Waals surface area contributed by atoms with Crippen molar-refractivity contribution in [1.29, 1.82) is 0 Å². The summed E-state index contributed by atoms with van der Waals surface area (Å²) in [7, 11) is 0. The molecule has 5 heteroatoms. The molecule has 0 saturated carbocycles. The first-order valence-corrected chi connectivity index (χ1v) is 18.9. The zero-order valence-electron chi connectivity index (χ0n) is 30.4. The van der Waals surface area contributed by atoms with Crippen LogP contribution in [0.3, 0.4) is 0 Å². The van der Waals surface area contributed by atoms with E-state index in [2.05, 4.69) is 191 Å². The smallest absolute Gasteiger partial charge is 0.309 e. The first kappa shape index (κ1) is 31.9. The van der Waals surface area contributed by atoms with Crippen LogP contribution in [-0.2, 0) is 0 Å². The minimum Gasteiger partial charge on any atom is -0.309 e. The molecule has 3 aromatic heterocycles. The summed E-state index contributed by atoms with van der Waals surface area (Å²) < 4.78 is 6.53. The molecule has 0 N–H and O–H groups in total. The van der Waals surface area contributed by atoms with Crippen LogP contribution in [0.5, 0.6) is 0 Å². The van der Waals surface area contributed by atoms with Gasteiger partial charge in [-0.25, -0.2) is 9.13 Å². The molecule has 0 bridgehead atoms. The van der Waals surface area contributed by atoms with Crippen molar-refractivity contribution in [3.8, 4) is 50.7 Å². The molecule has 0 unspecified atom stereocenters. The van der Waals surface area contributed by atoms with Gasteiger partial charge in [-0.2, -0.15) is 0 Å². The van der Waals surface area contributed by atoms with Gasteiger partial charge in [0.2, 0.25) is 12.7 Å². The lowest BCUT2D eigenvalue weighted by atomic mass is 9.98. The van der Waals surface area contributed by atoms with Crippen LogP contribution in [0.2, 0.25) is 0 Å². The second-order valence-corrected chi connectivity index (χ2v) is 14.2. The van der Waals surface area contributed by atoms with E-state index in [1.165, 1.54) is 27.4 Å². The molecule has 11 aromatic rings. The Morgan fingerprint density at radius 1 is 0.321 bits per heavy atom. The third-order valence-corrected chi connectivity index (χ3v) is 10.9. The van der Waals surface area contributed by atoms with Gasteiger partial charge < -0.3 is 4.57 Å². The van der Waals surface area contributed by atoms with Crippen LogP contribution in [0.15, 0.2) is 207 Å². The van der Waals surface area contributed by atoms with Crippen LogP contribution in [-0.4, -0.2) is 19.1 Å². The molecule has 0 radical (unpaired) electrons. The van der Waals surface area contributed by atoms with Crippen molar-refractivity contribution in [3.05, 3.63) is 207 Å². The van der Waals surface area contributed by atoms with Gasteiger partial charge in [-0.15, -0.1) is 0 Å². The van der Waals surface area contributed by atoms with E-state index < -0.39 is 0 Å². The van der Waals surface area contributed by atoms with Crippen molar-refractivity contribution in [3.63, 3.8) is 0 Å². The predicted molar refractivity (Wildman–Crippen MR) is 229 cm³/mol. The van der Waals surface area contributed by atoms with E-state index in [4.69, 9.17) is 9.97 Å². The topological polar surface area (TPSA) is 39.5 Å². The molecular formula is C51H34N5+. The van der Waals surface area contributed by atoms with Crippen molar-refractivity contribution in [1.82, 2.24) is 19.1 Å². The molecule has 3 heterocycles. The highest BCUT2D eigenvalue weighted by atomic mass is 15.2. The fourth-order valence-electron chi connectivity index (χ4n) is 8.27. The Balaban J connectivity index is 1.01. The van der Waals surface area contributed by atoms with Crippen molar-refractivity contribution < 1.29 is 4.57 Å². The quantitative estimate of drug-likeness (QED) is 0.161. The largest absolute Gasteiger partial charge is 0.386 e. The third kappa shape index (κ3) is 5.29. The summed E-state index contributed by atoms with van der Waals surface area (Å²) >= 11 is 0. The number of hydrogen-bond donors (Lipinski definition) is 0. The van der Waals surface area contributed by atoms with Gasteiger partial charge in [0, 0.05) is 27.2 Å². The lowest BCUT2D eigenvalue weighted by Gasteiger charge is -2.10. The van der Waals surface area contributed by atoms with E-state index in [0.717, 1.165) is 61.0 Å². The monoisotopic (exact) mass is 716 g/mol. The van der Waals surface area contributed by atoms with E-state index in [1.54, 1.807) is 0 Å². The maximum atomic E-state index is 4.99. The maximum absolute atomic E-state index is 4.99. The lowest BCUT2D eigenvalue weighted by molar-refractivity contribution is -0.602. The van der Waals surface area contributed by atoms with Gasteiger partial charge >= 0.3 is 5.95 Å². The maximum Gasteiger partial charge on any atom is 0.386 e. The SMILES string of the molecule is c1ccc(-c2cc(-c3ccccc3)cc(-[n+]3cnc(-n4c5ccccc5c5cc(-c6ccc7c(c6)c6ccccc6n7-c6ccccc6)ccc54)nc3)c2)cc1. The molecule has 262 valence electrons. The summed E-state index contributed by atoms with van der Waals surface area (Å²) in [6.45, 7) is 0. The number of hydrogen-bond acceptors (Lipinski definition) is 2. The summed E-state index contributed by atoms with van der Waals surface area (Å²) in [5.41, 5.74) is 13.6. The van der Waals surface area contributed by atoms with Crippen LogP contribution in [0, 0.1) is 0 Å². The summed E-state index contributed by atoms with van der Waals surface area (Å²) in [4.78, 5) is 9.97. The highest BCUT2D eigenvalue weighted by Gasteiger charge is 2.20. The number of benzene rings is 8. The molecule has 11 rings (SSSR count). The number of nitrogens with zero attached hydrogens (tertiary/aromatic N) is 5. The van der Waals surface area contributed by atoms with Crippen LogP contribution in [0.1, 0.15) is 0 Å². The van der Waals surface area contributed by atoms with Crippen molar-refractivity contribution >= 4 is 43.6 Å². The van der Waals surface area contributed by atoms with E-state index in [0.29, 0.717) is 5.95 Å². The van der Waals surface area contributed by atoms with Gasteiger partial charge in [-0.05, 0) is 100 Å². The standard InChI is InChI=1S/C51H34N5/c1-4-14-35(15-5-1)39-28-40(36-16-6-2-7-17-36)30-42(29-39)54-33-52-51(53-34-54)56-48-23-13-11-21-44(48)46-32-38(25-27-50(46)56)37-24-26-49-45(31-37)43-20-10-12-22-47(43)55(49)41-18-8-3-9-19-41/h1-34H/q+1. The number of rotatable bonds is 6. The molecule has 0 spiro atoms. The van der Waals surface area contributed by atoms with Crippen LogP contribution in [0.25, 0.3) is 94.3 Å². The van der Waals surface area contributed by atoms with Crippen molar-refractivity contribution in [2.75, 3.05) is 0 Å². The normalized spacial score (nSPS) is 11.6. The van der Waals surface area contributed by atoms with Gasteiger partial charge in [0.25, 0.3) is 0 Å². The summed E-state index contributed by atoms with van der Waals surface area (Å²) in [5, 5.41) is 4.80. The van der Waals surface area contributed by atoms with E-state index in [9.17, 15) is 0 Å². The molecule has 0 aliphatic heterocycles. The summed E-state index contributed by atoms with van der Waals surface area (Å²) in [5.74, 6) is 0.623. The number of para-hydroxylation sites is 3. The lowest BCUT2D eigenvalue weighted by Crippen LogP contribution is -2.32. The minimum atomic E-state index is 0.623. The number of aromatic nitrogens is 5. The fraction of sp³-hybridized carbons (Fsp3) is 0. The molecule has 0 fully saturated rings.